The summed E-state index contributed by atoms with van der Waals surface area (Å²) in [6.45, 7) is 4.29. The maximum atomic E-state index is 17.3. The Hall–Kier alpha value is -4.43. The lowest BCUT2D eigenvalue weighted by Crippen LogP contribution is -2.45. The van der Waals surface area contributed by atoms with Crippen LogP contribution in [0.2, 0.25) is 10.0 Å². The molecule has 2 aliphatic carbocycles. The summed E-state index contributed by atoms with van der Waals surface area (Å²) in [5, 5.41) is 15.7. The monoisotopic (exact) mass is 763 g/mol. The van der Waals surface area contributed by atoms with Crippen LogP contribution in [0.5, 0.6) is 5.75 Å². The Morgan fingerprint density at radius 2 is 1.96 bits per heavy atom. The van der Waals surface area contributed by atoms with Gasteiger partial charge in [-0.3, -0.25) is 4.79 Å². The van der Waals surface area contributed by atoms with Crippen LogP contribution in [0.4, 0.5) is 10.2 Å². The number of fused-ring (bicyclic) bond motifs is 6. The number of amides is 1. The van der Waals surface area contributed by atoms with E-state index in [9.17, 15) is 10.1 Å². The molecular weight excluding hydrogens is 724 g/mol. The molecule has 276 valence electrons. The van der Waals surface area contributed by atoms with E-state index in [1.54, 1.807) is 31.5 Å². The first kappa shape index (κ1) is 34.1. The molecule has 54 heavy (non-hydrogen) atoms. The van der Waals surface area contributed by atoms with Crippen LogP contribution in [0.15, 0.2) is 48.7 Å². The van der Waals surface area contributed by atoms with Crippen molar-refractivity contribution in [1.82, 2.24) is 24.8 Å². The Bertz CT molecular complexity index is 2410. The average molecular weight is 765 g/mol. The zero-order valence-corrected chi connectivity index (χ0v) is 31.7. The van der Waals surface area contributed by atoms with E-state index in [0.717, 1.165) is 72.6 Å². The number of methoxy groups -OCH3 is 1. The van der Waals surface area contributed by atoms with E-state index in [1.807, 2.05) is 25.1 Å². The van der Waals surface area contributed by atoms with Gasteiger partial charge in [0.1, 0.15) is 5.52 Å². The SMILES string of the molecule is COc1cccnc1N1C[C@@H]2C[C@H](C1)N(C(=O)C1CC1)[C@H]2c1cc2c(C)nc3c(F)c(-c4cccc(Cl)c4Cl)c(CCC#N)cc3c2n1[C@H]1[C@H]2CN[C@@H]1C2. The van der Waals surface area contributed by atoms with Crippen molar-refractivity contribution in [2.45, 2.75) is 69.6 Å². The number of benzene rings is 2. The lowest BCUT2D eigenvalue weighted by atomic mass is 9.79. The lowest BCUT2D eigenvalue weighted by Gasteiger charge is -2.40. The van der Waals surface area contributed by atoms with Crippen molar-refractivity contribution >= 4 is 56.7 Å². The van der Waals surface area contributed by atoms with Crippen molar-refractivity contribution in [2.24, 2.45) is 17.8 Å². The number of nitrogens with one attached hydrogen (secondary N) is 1. The summed E-state index contributed by atoms with van der Waals surface area (Å²) < 4.78 is 25.6. The van der Waals surface area contributed by atoms with Crippen LogP contribution < -0.4 is 15.0 Å². The number of ether oxygens (including phenoxy) is 1. The summed E-state index contributed by atoms with van der Waals surface area (Å²) in [4.78, 5) is 28.7. The standard InChI is InChI=1S/C42H40Cl2FN7O2/c1-21-28-17-32(39-25-14-26(51(39)42(53)22-10-11-22)20-50(19-25)41-33(54-2)9-5-13-47-41)52(38-24-16-31(38)48-18-24)40(28)29-15-23(6-4-12-46)34(36(45)37(29)49-21)27-7-3-8-30(43)35(27)44/h3,5,7-9,13,15,17,22,24-26,31,38-39,48H,4,6,10-11,14,16,18-20H2,1-2H3/t24-,25+,26-,31-,38+,39-/m1/s1. The highest BCUT2D eigenvalue weighted by Gasteiger charge is 2.55. The second-order valence-corrected chi connectivity index (χ2v) is 16.6. The van der Waals surface area contributed by atoms with Crippen LogP contribution in [0.3, 0.4) is 0 Å². The molecular formula is C42H40Cl2FN7O2. The number of hydrogen-bond donors (Lipinski definition) is 1. The molecule has 2 aromatic carbocycles. The van der Waals surface area contributed by atoms with Crippen molar-refractivity contribution < 1.29 is 13.9 Å². The normalized spacial score (nSPS) is 25.7. The topological polar surface area (TPSA) is 99.3 Å². The maximum absolute atomic E-state index is 17.3. The molecule has 9 nitrogen and oxygen atoms in total. The van der Waals surface area contributed by atoms with Gasteiger partial charge in [-0.25, -0.2) is 14.4 Å². The van der Waals surface area contributed by atoms with Crippen LogP contribution >= 0.6 is 23.2 Å². The second kappa shape index (κ2) is 12.8. The highest BCUT2D eigenvalue weighted by molar-refractivity contribution is 6.43. The fourth-order valence-corrected chi connectivity index (χ4v) is 10.7. The van der Waals surface area contributed by atoms with Gasteiger partial charge in [0.2, 0.25) is 5.91 Å². The lowest BCUT2D eigenvalue weighted by molar-refractivity contribution is -0.135. The Morgan fingerprint density at radius 1 is 1.11 bits per heavy atom. The van der Waals surface area contributed by atoms with E-state index in [0.29, 0.717) is 46.0 Å². The third-order valence-corrected chi connectivity index (χ3v) is 13.6. The smallest absolute Gasteiger partial charge is 0.226 e. The van der Waals surface area contributed by atoms with Crippen molar-refractivity contribution in [1.29, 1.82) is 5.26 Å². The van der Waals surface area contributed by atoms with Crippen molar-refractivity contribution in [2.75, 3.05) is 31.6 Å². The number of carbonyl (C=O) groups excluding carboxylic acids is 1. The van der Waals surface area contributed by atoms with Crippen molar-refractivity contribution in [3.63, 3.8) is 0 Å². The molecule has 4 saturated heterocycles. The van der Waals surface area contributed by atoms with Crippen molar-refractivity contribution in [3.05, 3.63) is 81.5 Å². The van der Waals surface area contributed by atoms with Gasteiger partial charge in [-0.1, -0.05) is 35.3 Å². The van der Waals surface area contributed by atoms with Crippen LogP contribution in [0.25, 0.3) is 32.9 Å². The van der Waals surface area contributed by atoms with Gasteiger partial charge in [-0.2, -0.15) is 5.26 Å². The number of piperidine rings is 1. The number of likely N-dealkylation sites (tertiary alicyclic amines) is 1. The minimum atomic E-state index is -0.471. The van der Waals surface area contributed by atoms with Crippen LogP contribution in [-0.2, 0) is 11.2 Å². The fraction of sp³-hybridized carbons (Fsp3) is 0.429. The molecule has 11 rings (SSSR count). The molecule has 7 heterocycles. The number of halogens is 3. The number of nitriles is 1. The molecule has 4 bridgehead atoms. The van der Waals surface area contributed by atoms with Gasteiger partial charge in [0.15, 0.2) is 17.4 Å². The molecule has 4 aliphatic heterocycles. The molecule has 1 N–H and O–H groups in total. The number of carbonyl (C=O) groups is 1. The maximum Gasteiger partial charge on any atom is 0.226 e. The Balaban J connectivity index is 1.21. The number of rotatable bonds is 8. The molecule has 0 radical (unpaired) electrons. The van der Waals surface area contributed by atoms with Crippen LogP contribution in [0, 0.1) is 41.8 Å². The van der Waals surface area contributed by atoms with E-state index in [4.69, 9.17) is 37.9 Å². The molecule has 5 aromatic rings. The number of nitrogens with zero attached hydrogens (tertiary/aromatic N) is 6. The summed E-state index contributed by atoms with van der Waals surface area (Å²) in [5.74, 6) is 1.92. The summed E-state index contributed by atoms with van der Waals surface area (Å²) in [5.41, 5.74) is 4.53. The first-order chi connectivity index (χ1) is 26.3. The zero-order chi connectivity index (χ0) is 37.0. The zero-order valence-electron chi connectivity index (χ0n) is 30.2. The van der Waals surface area contributed by atoms with E-state index in [1.165, 1.54) is 0 Å². The second-order valence-electron chi connectivity index (χ2n) is 15.8. The highest BCUT2D eigenvalue weighted by Crippen LogP contribution is 2.54. The first-order valence-electron chi connectivity index (χ1n) is 19.0. The van der Waals surface area contributed by atoms with Gasteiger partial charge in [0, 0.05) is 83.4 Å². The third kappa shape index (κ3) is 5.08. The van der Waals surface area contributed by atoms with Gasteiger partial charge in [0.05, 0.1) is 46.9 Å². The Labute approximate surface area is 323 Å². The van der Waals surface area contributed by atoms with Gasteiger partial charge in [-0.05, 0) is 80.8 Å². The molecule has 6 fully saturated rings. The first-order valence-corrected chi connectivity index (χ1v) is 19.8. The van der Waals surface area contributed by atoms with E-state index in [2.05, 4.69) is 31.8 Å². The summed E-state index contributed by atoms with van der Waals surface area (Å²) in [6.07, 6.45) is 6.18. The summed E-state index contributed by atoms with van der Waals surface area (Å²) in [6, 6.07) is 15.9. The minimum Gasteiger partial charge on any atom is -0.493 e. The molecule has 2 saturated carbocycles. The Kier molecular flexibility index (Phi) is 8.10. The fourth-order valence-electron chi connectivity index (χ4n) is 10.3. The van der Waals surface area contributed by atoms with Gasteiger partial charge < -0.3 is 24.4 Å². The largest absolute Gasteiger partial charge is 0.493 e. The average Bonchev–Trinajstić information content (AvgIpc) is 3.46. The summed E-state index contributed by atoms with van der Waals surface area (Å²) >= 11 is 13.2. The quantitative estimate of drug-likeness (QED) is 0.170. The van der Waals surface area contributed by atoms with Gasteiger partial charge in [-0.15, -0.1) is 0 Å². The van der Waals surface area contributed by atoms with E-state index < -0.39 is 5.82 Å². The van der Waals surface area contributed by atoms with Crippen LogP contribution in [-0.4, -0.2) is 64.2 Å². The number of aromatic nitrogens is 3. The molecule has 3 aromatic heterocycles. The molecule has 1 amide bonds. The van der Waals surface area contributed by atoms with Crippen molar-refractivity contribution in [3.8, 4) is 22.9 Å². The third-order valence-electron chi connectivity index (χ3n) is 12.8. The predicted molar refractivity (Wildman–Crippen MR) is 207 cm³/mol. The van der Waals surface area contributed by atoms with Gasteiger partial charge in [0.25, 0.3) is 0 Å². The Morgan fingerprint density at radius 3 is 2.70 bits per heavy atom. The number of hydrogen-bond acceptors (Lipinski definition) is 7. The molecule has 0 spiro atoms. The number of aryl methyl sites for hydroxylation is 2. The predicted octanol–water partition coefficient (Wildman–Crippen LogP) is 8.19. The van der Waals surface area contributed by atoms with E-state index in [-0.39, 0.29) is 58.9 Å². The molecule has 0 unspecified atom stereocenters. The molecule has 6 aliphatic rings. The number of pyridine rings is 2. The number of anilines is 1. The summed E-state index contributed by atoms with van der Waals surface area (Å²) in [7, 11) is 1.67. The highest BCUT2D eigenvalue weighted by atomic mass is 35.5. The minimum absolute atomic E-state index is 0.0206. The molecule has 12 heteroatoms. The van der Waals surface area contributed by atoms with Crippen LogP contribution in [0.1, 0.15) is 61.1 Å². The molecule has 6 atom stereocenters. The van der Waals surface area contributed by atoms with Gasteiger partial charge >= 0.3 is 0 Å². The van der Waals surface area contributed by atoms with E-state index >= 15 is 4.39 Å².